The highest BCUT2D eigenvalue weighted by Crippen LogP contribution is 2.23. The zero-order valence-electron chi connectivity index (χ0n) is 13.1. The summed E-state index contributed by atoms with van der Waals surface area (Å²) in [5, 5.41) is 2.52. The van der Waals surface area contributed by atoms with Gasteiger partial charge in [0, 0.05) is 5.69 Å². The number of hydrogen-bond donors (Lipinski definition) is 2. The molecule has 0 bridgehead atoms. The summed E-state index contributed by atoms with van der Waals surface area (Å²) >= 11 is 0. The summed E-state index contributed by atoms with van der Waals surface area (Å²) in [5.74, 6) is -2.88. The van der Waals surface area contributed by atoms with Crippen molar-refractivity contribution in [1.29, 1.82) is 0 Å². The highest BCUT2D eigenvalue weighted by atomic mass is 32.2. The topological polar surface area (TPSA) is 88.4 Å². The van der Waals surface area contributed by atoms with E-state index in [4.69, 9.17) is 4.42 Å². The van der Waals surface area contributed by atoms with E-state index in [2.05, 4.69) is 10.0 Å². The molecule has 6 nitrogen and oxygen atoms in total. The molecule has 0 aliphatic rings. The van der Waals surface area contributed by atoms with Gasteiger partial charge in [0.2, 0.25) is 0 Å². The Balaban J connectivity index is 1.83. The maximum absolute atomic E-state index is 13.7. The third kappa shape index (κ3) is 3.72. The predicted molar refractivity (Wildman–Crippen MR) is 90.3 cm³/mol. The molecule has 2 aromatic carbocycles. The van der Waals surface area contributed by atoms with E-state index in [1.165, 1.54) is 36.6 Å². The molecule has 0 radical (unpaired) electrons. The maximum Gasteiger partial charge on any atom is 0.291 e. The third-order valence-corrected chi connectivity index (χ3v) is 4.74. The molecule has 3 aromatic rings. The highest BCUT2D eigenvalue weighted by molar-refractivity contribution is 7.92. The van der Waals surface area contributed by atoms with Gasteiger partial charge in [-0.25, -0.2) is 17.2 Å². The minimum atomic E-state index is -4.49. The molecule has 1 heterocycles. The van der Waals surface area contributed by atoms with Crippen LogP contribution in [0.25, 0.3) is 0 Å². The molecule has 26 heavy (non-hydrogen) atoms. The maximum atomic E-state index is 13.7. The van der Waals surface area contributed by atoms with Crippen LogP contribution in [0.15, 0.2) is 70.2 Å². The average Bonchev–Trinajstić information content (AvgIpc) is 3.08. The Morgan fingerprint density at radius 1 is 0.923 bits per heavy atom. The van der Waals surface area contributed by atoms with E-state index in [-0.39, 0.29) is 17.1 Å². The summed E-state index contributed by atoms with van der Waals surface area (Å²) < 4.78 is 59.0. The van der Waals surface area contributed by atoms with Gasteiger partial charge >= 0.3 is 0 Å². The van der Waals surface area contributed by atoms with Gasteiger partial charge in [-0.05, 0) is 42.5 Å². The zero-order valence-corrected chi connectivity index (χ0v) is 13.9. The van der Waals surface area contributed by atoms with Crippen LogP contribution in [0.1, 0.15) is 10.6 Å². The van der Waals surface area contributed by atoms with E-state index >= 15 is 0 Å². The van der Waals surface area contributed by atoms with Crippen LogP contribution in [0.5, 0.6) is 0 Å². The van der Waals surface area contributed by atoms with Crippen molar-refractivity contribution in [2.45, 2.75) is 4.90 Å². The SMILES string of the molecule is O=C(Nc1cccc(NS(=O)(=O)c2c(F)cccc2F)c1)c1ccco1. The van der Waals surface area contributed by atoms with Crippen LogP contribution >= 0.6 is 0 Å². The number of carbonyl (C=O) groups excluding carboxylic acids is 1. The number of rotatable bonds is 5. The van der Waals surface area contributed by atoms with E-state index in [9.17, 15) is 22.0 Å². The largest absolute Gasteiger partial charge is 0.459 e. The van der Waals surface area contributed by atoms with E-state index in [1.54, 1.807) is 6.07 Å². The van der Waals surface area contributed by atoms with Gasteiger partial charge in [-0.15, -0.1) is 0 Å². The molecule has 0 saturated carbocycles. The average molecular weight is 378 g/mol. The Morgan fingerprint density at radius 3 is 2.23 bits per heavy atom. The van der Waals surface area contributed by atoms with Crippen LogP contribution in [-0.2, 0) is 10.0 Å². The van der Waals surface area contributed by atoms with Gasteiger partial charge in [-0.3, -0.25) is 9.52 Å². The van der Waals surface area contributed by atoms with Gasteiger partial charge in [0.15, 0.2) is 10.7 Å². The fourth-order valence-electron chi connectivity index (χ4n) is 2.21. The molecular weight excluding hydrogens is 366 g/mol. The van der Waals surface area contributed by atoms with Crippen LogP contribution < -0.4 is 10.0 Å². The minimum Gasteiger partial charge on any atom is -0.459 e. The van der Waals surface area contributed by atoms with Crippen molar-refractivity contribution in [3.05, 3.63) is 78.3 Å². The number of carbonyl (C=O) groups is 1. The molecule has 1 amide bonds. The van der Waals surface area contributed by atoms with Crippen molar-refractivity contribution in [3.63, 3.8) is 0 Å². The summed E-state index contributed by atoms with van der Waals surface area (Å²) in [7, 11) is -4.49. The normalized spacial score (nSPS) is 11.2. The number of anilines is 2. The Labute approximate surface area is 147 Å². The number of halogens is 2. The van der Waals surface area contributed by atoms with Crippen LogP contribution in [0.3, 0.4) is 0 Å². The van der Waals surface area contributed by atoms with Gasteiger partial charge in [0.1, 0.15) is 11.6 Å². The van der Waals surface area contributed by atoms with Crippen molar-refractivity contribution in [2.75, 3.05) is 10.0 Å². The van der Waals surface area contributed by atoms with Crippen molar-refractivity contribution in [2.24, 2.45) is 0 Å². The predicted octanol–water partition coefficient (Wildman–Crippen LogP) is 3.61. The second-order valence-corrected chi connectivity index (χ2v) is 6.79. The summed E-state index contributed by atoms with van der Waals surface area (Å²) in [5.41, 5.74) is 0.283. The summed E-state index contributed by atoms with van der Waals surface area (Å²) in [6.45, 7) is 0. The van der Waals surface area contributed by atoms with Gasteiger partial charge in [0.25, 0.3) is 15.9 Å². The zero-order chi connectivity index (χ0) is 18.7. The quantitative estimate of drug-likeness (QED) is 0.710. The van der Waals surface area contributed by atoms with Crippen molar-refractivity contribution in [1.82, 2.24) is 0 Å². The van der Waals surface area contributed by atoms with E-state index < -0.39 is 32.5 Å². The Kier molecular flexibility index (Phi) is 4.72. The number of nitrogens with one attached hydrogen (secondary N) is 2. The van der Waals surface area contributed by atoms with Gasteiger partial charge in [0.05, 0.1) is 12.0 Å². The van der Waals surface area contributed by atoms with Gasteiger partial charge in [-0.2, -0.15) is 0 Å². The minimum absolute atomic E-state index is 0.0184. The van der Waals surface area contributed by atoms with E-state index in [0.717, 1.165) is 18.2 Å². The number of amides is 1. The number of hydrogen-bond acceptors (Lipinski definition) is 4. The monoisotopic (exact) mass is 378 g/mol. The van der Waals surface area contributed by atoms with Crippen LogP contribution in [-0.4, -0.2) is 14.3 Å². The number of furan rings is 1. The van der Waals surface area contributed by atoms with E-state index in [0.29, 0.717) is 0 Å². The molecule has 1 aromatic heterocycles. The molecule has 0 saturated heterocycles. The fourth-order valence-corrected chi connectivity index (χ4v) is 3.40. The van der Waals surface area contributed by atoms with Crippen molar-refractivity contribution >= 4 is 27.3 Å². The third-order valence-electron chi connectivity index (χ3n) is 3.31. The molecule has 0 atom stereocenters. The molecule has 0 aliphatic heterocycles. The van der Waals surface area contributed by atoms with Crippen LogP contribution in [0.4, 0.5) is 20.2 Å². The molecule has 0 fully saturated rings. The second kappa shape index (κ2) is 6.96. The fraction of sp³-hybridized carbons (Fsp3) is 0. The van der Waals surface area contributed by atoms with E-state index in [1.807, 2.05) is 0 Å². The summed E-state index contributed by atoms with van der Waals surface area (Å²) in [4.78, 5) is 10.9. The Hall–Kier alpha value is -3.20. The first-order valence-electron chi connectivity index (χ1n) is 7.28. The summed E-state index contributed by atoms with van der Waals surface area (Å²) in [6, 6.07) is 11.4. The Morgan fingerprint density at radius 2 is 1.58 bits per heavy atom. The molecule has 0 spiro atoms. The number of sulfonamides is 1. The lowest BCUT2D eigenvalue weighted by atomic mass is 10.3. The molecule has 0 aliphatic carbocycles. The van der Waals surface area contributed by atoms with Crippen molar-refractivity contribution in [3.8, 4) is 0 Å². The lowest BCUT2D eigenvalue weighted by Gasteiger charge is -2.11. The lowest BCUT2D eigenvalue weighted by molar-refractivity contribution is 0.0996. The summed E-state index contributed by atoms with van der Waals surface area (Å²) in [6.07, 6.45) is 1.34. The molecule has 9 heteroatoms. The molecule has 0 unspecified atom stereocenters. The first-order valence-corrected chi connectivity index (χ1v) is 8.77. The first-order chi connectivity index (χ1) is 12.4. The molecule has 134 valence electrons. The number of benzene rings is 2. The van der Waals surface area contributed by atoms with Crippen LogP contribution in [0, 0.1) is 11.6 Å². The Bertz CT molecular complexity index is 1030. The van der Waals surface area contributed by atoms with Gasteiger partial charge < -0.3 is 9.73 Å². The smallest absolute Gasteiger partial charge is 0.291 e. The standard InChI is InChI=1S/C17H12F2N2O4S/c18-13-6-2-7-14(19)16(13)26(23,24)21-12-5-1-4-11(10-12)20-17(22)15-8-3-9-25-15/h1-10,21H,(H,20,22). The second-order valence-electron chi connectivity index (χ2n) is 5.17. The van der Waals surface area contributed by atoms with Crippen molar-refractivity contribution < 1.29 is 26.4 Å². The molecular formula is C17H12F2N2O4S. The molecule has 2 N–H and O–H groups in total. The first kappa shape index (κ1) is 17.6. The highest BCUT2D eigenvalue weighted by Gasteiger charge is 2.24. The lowest BCUT2D eigenvalue weighted by Crippen LogP contribution is -2.17. The molecule has 3 rings (SSSR count). The van der Waals surface area contributed by atoms with Gasteiger partial charge in [-0.1, -0.05) is 12.1 Å². The van der Waals surface area contributed by atoms with Crippen LogP contribution in [0.2, 0.25) is 0 Å².